The quantitative estimate of drug-likeness (QED) is 0.782. The minimum absolute atomic E-state index is 0.0428. The van der Waals surface area contributed by atoms with E-state index in [-0.39, 0.29) is 6.10 Å². The zero-order chi connectivity index (χ0) is 14.3. The Hall–Kier alpha value is -1.24. The van der Waals surface area contributed by atoms with Crippen LogP contribution in [0.25, 0.3) is 0 Å². The van der Waals surface area contributed by atoms with E-state index in [1.807, 2.05) is 32.7 Å². The number of nitrogens with zero attached hydrogens (tertiary/aromatic N) is 4. The lowest BCUT2D eigenvalue weighted by Gasteiger charge is -2.18. The maximum Gasteiger partial charge on any atom is 0.323 e. The molecule has 0 saturated heterocycles. The first kappa shape index (κ1) is 15.8. The third-order valence-corrected chi connectivity index (χ3v) is 2.84. The highest BCUT2D eigenvalue weighted by Crippen LogP contribution is 2.15. The van der Waals surface area contributed by atoms with E-state index in [1.165, 1.54) is 0 Å². The molecule has 0 aliphatic carbocycles. The standard InChI is InChI=1S/C12H23N5OS/c1-6-13-10-14-11(17(4)7-8-19-5)16-12(15-10)18-9(2)3/h9H,6-8H2,1-5H3,(H,13,14,15,16). The zero-order valence-corrected chi connectivity index (χ0v) is 13.1. The van der Waals surface area contributed by atoms with Crippen molar-refractivity contribution in [1.29, 1.82) is 0 Å². The van der Waals surface area contributed by atoms with Crippen molar-refractivity contribution in [2.45, 2.75) is 26.9 Å². The molecule has 1 heterocycles. The lowest BCUT2D eigenvalue weighted by Crippen LogP contribution is -2.24. The van der Waals surface area contributed by atoms with Gasteiger partial charge in [0, 0.05) is 25.9 Å². The molecule has 6 nitrogen and oxygen atoms in total. The Balaban J connectivity index is 2.91. The summed E-state index contributed by atoms with van der Waals surface area (Å²) in [5, 5.41) is 3.10. The number of hydrogen-bond donors (Lipinski definition) is 1. The molecule has 0 radical (unpaired) electrons. The number of thioether (sulfide) groups is 1. The summed E-state index contributed by atoms with van der Waals surface area (Å²) in [6.45, 7) is 7.56. The molecular formula is C12H23N5OS. The van der Waals surface area contributed by atoms with Gasteiger partial charge in [0.2, 0.25) is 11.9 Å². The van der Waals surface area contributed by atoms with Crippen LogP contribution in [0.5, 0.6) is 6.01 Å². The lowest BCUT2D eigenvalue weighted by atomic mass is 10.5. The van der Waals surface area contributed by atoms with E-state index < -0.39 is 0 Å². The molecule has 1 rings (SSSR count). The average molecular weight is 285 g/mol. The Morgan fingerprint density at radius 3 is 2.63 bits per heavy atom. The van der Waals surface area contributed by atoms with Crippen molar-refractivity contribution in [2.75, 3.05) is 42.4 Å². The fourth-order valence-corrected chi connectivity index (χ4v) is 1.80. The molecule has 1 aromatic rings. The van der Waals surface area contributed by atoms with E-state index in [4.69, 9.17) is 4.74 Å². The number of hydrogen-bond acceptors (Lipinski definition) is 7. The maximum atomic E-state index is 5.56. The van der Waals surface area contributed by atoms with Crippen molar-refractivity contribution in [3.63, 3.8) is 0 Å². The van der Waals surface area contributed by atoms with Gasteiger partial charge in [0.1, 0.15) is 0 Å². The summed E-state index contributed by atoms with van der Waals surface area (Å²) in [7, 11) is 1.97. The molecule has 0 aliphatic rings. The molecule has 7 heteroatoms. The second kappa shape index (κ2) is 8.04. The van der Waals surface area contributed by atoms with E-state index in [0.29, 0.717) is 17.9 Å². The van der Waals surface area contributed by atoms with E-state index >= 15 is 0 Å². The largest absolute Gasteiger partial charge is 0.461 e. The van der Waals surface area contributed by atoms with Gasteiger partial charge in [-0.25, -0.2) is 0 Å². The second-order valence-corrected chi connectivity index (χ2v) is 5.34. The van der Waals surface area contributed by atoms with Crippen molar-refractivity contribution < 1.29 is 4.74 Å². The normalized spacial score (nSPS) is 10.6. The molecule has 0 unspecified atom stereocenters. The summed E-state index contributed by atoms with van der Waals surface area (Å²) >= 11 is 1.79. The highest BCUT2D eigenvalue weighted by molar-refractivity contribution is 7.98. The van der Waals surface area contributed by atoms with Gasteiger partial charge in [0.05, 0.1) is 6.10 Å². The van der Waals surface area contributed by atoms with Crippen LogP contribution in [-0.4, -0.2) is 53.2 Å². The fraction of sp³-hybridized carbons (Fsp3) is 0.750. The molecule has 0 saturated carbocycles. The Morgan fingerprint density at radius 2 is 2.05 bits per heavy atom. The second-order valence-electron chi connectivity index (χ2n) is 4.35. The van der Waals surface area contributed by atoms with Crippen LogP contribution in [0.3, 0.4) is 0 Å². The molecule has 1 N–H and O–H groups in total. The average Bonchev–Trinajstić information content (AvgIpc) is 2.35. The Labute approximate surface area is 119 Å². The van der Waals surface area contributed by atoms with E-state index in [9.17, 15) is 0 Å². The first-order valence-corrected chi connectivity index (χ1v) is 7.82. The van der Waals surface area contributed by atoms with Gasteiger partial charge < -0.3 is 15.0 Å². The van der Waals surface area contributed by atoms with Gasteiger partial charge >= 0.3 is 6.01 Å². The summed E-state index contributed by atoms with van der Waals surface area (Å²) in [5.74, 6) is 2.22. The van der Waals surface area contributed by atoms with Gasteiger partial charge in [-0.05, 0) is 27.0 Å². The SMILES string of the molecule is CCNc1nc(OC(C)C)nc(N(C)CCSC)n1. The molecule has 0 fully saturated rings. The van der Waals surface area contributed by atoms with Crippen LogP contribution in [0, 0.1) is 0 Å². The van der Waals surface area contributed by atoms with Crippen LogP contribution in [0.15, 0.2) is 0 Å². The number of anilines is 2. The van der Waals surface area contributed by atoms with Crippen molar-refractivity contribution in [1.82, 2.24) is 15.0 Å². The zero-order valence-electron chi connectivity index (χ0n) is 12.3. The summed E-state index contributed by atoms with van der Waals surface area (Å²) in [5.41, 5.74) is 0. The fourth-order valence-electron chi connectivity index (χ4n) is 1.35. The maximum absolute atomic E-state index is 5.56. The van der Waals surface area contributed by atoms with Crippen molar-refractivity contribution in [2.24, 2.45) is 0 Å². The van der Waals surface area contributed by atoms with Crippen LogP contribution in [0.2, 0.25) is 0 Å². The third-order valence-electron chi connectivity index (χ3n) is 2.25. The lowest BCUT2D eigenvalue weighted by molar-refractivity contribution is 0.222. The molecule has 19 heavy (non-hydrogen) atoms. The van der Waals surface area contributed by atoms with Gasteiger partial charge in [-0.15, -0.1) is 0 Å². The van der Waals surface area contributed by atoms with Gasteiger partial charge in [0.15, 0.2) is 0 Å². The molecule has 0 bridgehead atoms. The van der Waals surface area contributed by atoms with Crippen LogP contribution in [0.4, 0.5) is 11.9 Å². The van der Waals surface area contributed by atoms with Gasteiger partial charge in [0.25, 0.3) is 0 Å². The van der Waals surface area contributed by atoms with Gasteiger partial charge in [-0.2, -0.15) is 26.7 Å². The van der Waals surface area contributed by atoms with Crippen LogP contribution in [-0.2, 0) is 0 Å². The number of ether oxygens (including phenoxy) is 1. The number of nitrogens with one attached hydrogen (secondary N) is 1. The number of rotatable bonds is 8. The van der Waals surface area contributed by atoms with Crippen molar-refractivity contribution >= 4 is 23.7 Å². The molecule has 0 aliphatic heterocycles. The summed E-state index contributed by atoms with van der Waals surface area (Å²) in [6.07, 6.45) is 2.12. The third kappa shape index (κ3) is 5.50. The van der Waals surface area contributed by atoms with E-state index in [2.05, 4.69) is 26.5 Å². The highest BCUT2D eigenvalue weighted by atomic mass is 32.2. The van der Waals surface area contributed by atoms with Crippen LogP contribution in [0.1, 0.15) is 20.8 Å². The van der Waals surface area contributed by atoms with Crippen molar-refractivity contribution in [3.05, 3.63) is 0 Å². The summed E-state index contributed by atoms with van der Waals surface area (Å²) in [4.78, 5) is 15.0. The molecule has 0 aromatic carbocycles. The molecule has 108 valence electrons. The van der Waals surface area contributed by atoms with E-state index in [0.717, 1.165) is 18.8 Å². The smallest absolute Gasteiger partial charge is 0.323 e. The predicted octanol–water partition coefficient (Wildman–Crippen LogP) is 1.89. The van der Waals surface area contributed by atoms with Gasteiger partial charge in [-0.3, -0.25) is 0 Å². The van der Waals surface area contributed by atoms with Crippen LogP contribution >= 0.6 is 11.8 Å². The first-order chi connectivity index (χ1) is 9.06. The molecule has 0 atom stereocenters. The molecular weight excluding hydrogens is 262 g/mol. The van der Waals surface area contributed by atoms with E-state index in [1.54, 1.807) is 11.8 Å². The molecule has 0 spiro atoms. The summed E-state index contributed by atoms with van der Waals surface area (Å²) < 4.78 is 5.56. The minimum atomic E-state index is 0.0428. The van der Waals surface area contributed by atoms with Gasteiger partial charge in [-0.1, -0.05) is 0 Å². The first-order valence-electron chi connectivity index (χ1n) is 6.43. The minimum Gasteiger partial charge on any atom is -0.461 e. The van der Waals surface area contributed by atoms with Crippen molar-refractivity contribution in [3.8, 4) is 6.01 Å². The monoisotopic (exact) mass is 285 g/mol. The number of aromatic nitrogens is 3. The Bertz CT molecular complexity index is 388. The Kier molecular flexibility index (Phi) is 6.69. The summed E-state index contributed by atoms with van der Waals surface area (Å²) in [6, 6.07) is 0.368. The topological polar surface area (TPSA) is 63.2 Å². The van der Waals surface area contributed by atoms with Crippen LogP contribution < -0.4 is 15.0 Å². The molecule has 1 aromatic heterocycles. The predicted molar refractivity (Wildman–Crippen MR) is 81.4 cm³/mol. The highest BCUT2D eigenvalue weighted by Gasteiger charge is 2.11. The Morgan fingerprint density at radius 1 is 1.32 bits per heavy atom. The molecule has 0 amide bonds.